The Hall–Kier alpha value is -2.60. The lowest BCUT2D eigenvalue weighted by Gasteiger charge is -2.23. The van der Waals surface area contributed by atoms with E-state index in [9.17, 15) is 18.0 Å². The molecule has 0 saturated carbocycles. The molecule has 3 nitrogen and oxygen atoms in total. The van der Waals surface area contributed by atoms with Crippen molar-refractivity contribution in [1.82, 2.24) is 0 Å². The highest BCUT2D eigenvalue weighted by molar-refractivity contribution is 5.92. The molecule has 26 heavy (non-hydrogen) atoms. The van der Waals surface area contributed by atoms with Crippen LogP contribution in [0.5, 0.6) is 0 Å². The van der Waals surface area contributed by atoms with E-state index in [0.717, 1.165) is 23.9 Å². The molecule has 0 bridgehead atoms. The molecule has 0 saturated heterocycles. The van der Waals surface area contributed by atoms with Crippen LogP contribution in [0.25, 0.3) is 5.57 Å². The number of alkyl halides is 3. The number of para-hydroxylation sites is 1. The molecule has 0 spiro atoms. The molecule has 1 atom stereocenters. The van der Waals surface area contributed by atoms with Gasteiger partial charge in [0, 0.05) is 6.42 Å². The summed E-state index contributed by atoms with van der Waals surface area (Å²) < 4.78 is 39.0. The molecule has 0 fully saturated rings. The lowest BCUT2D eigenvalue weighted by molar-refractivity contribution is -0.886. The lowest BCUT2D eigenvalue weighted by atomic mass is 10.00. The summed E-state index contributed by atoms with van der Waals surface area (Å²) in [5.74, 6) is -0.409. The second kappa shape index (κ2) is 7.74. The zero-order valence-corrected chi connectivity index (χ0v) is 14.1. The van der Waals surface area contributed by atoms with Crippen molar-refractivity contribution in [3.63, 3.8) is 0 Å². The van der Waals surface area contributed by atoms with Crippen molar-refractivity contribution in [3.05, 3.63) is 71.8 Å². The molecule has 2 N–H and O–H groups in total. The standard InChI is InChI=1S/C20H19F3N2O/c21-20(22,23)17-8-4-5-9-18(17)24-19(26)14-25-12-10-16(11-13-25)15-6-2-1-3-7-15/h1-10H,11-14H2,(H,24,26)/p+1. The number of benzene rings is 2. The van der Waals surface area contributed by atoms with E-state index in [4.69, 9.17) is 0 Å². The number of carbonyl (C=O) groups excluding carboxylic acids is 1. The zero-order chi connectivity index (χ0) is 18.6. The van der Waals surface area contributed by atoms with Gasteiger partial charge in [0.2, 0.25) is 0 Å². The fraction of sp³-hybridized carbons (Fsp3) is 0.250. The average Bonchev–Trinajstić information content (AvgIpc) is 2.62. The van der Waals surface area contributed by atoms with Crippen LogP contribution < -0.4 is 10.2 Å². The first-order chi connectivity index (χ1) is 12.4. The van der Waals surface area contributed by atoms with E-state index in [-0.39, 0.29) is 12.2 Å². The van der Waals surface area contributed by atoms with Crippen LogP contribution in [0.1, 0.15) is 17.5 Å². The Kier molecular flexibility index (Phi) is 5.42. The van der Waals surface area contributed by atoms with E-state index in [2.05, 4.69) is 23.5 Å². The third-order valence-electron chi connectivity index (χ3n) is 4.45. The predicted molar refractivity (Wildman–Crippen MR) is 94.7 cm³/mol. The molecule has 1 unspecified atom stereocenters. The molecule has 6 heteroatoms. The SMILES string of the molecule is O=C(C[NH+]1CC=C(c2ccccc2)CC1)Nc1ccccc1C(F)(F)F. The summed E-state index contributed by atoms with van der Waals surface area (Å²) in [6.45, 7) is 1.60. The van der Waals surface area contributed by atoms with Gasteiger partial charge in [-0.15, -0.1) is 0 Å². The maximum Gasteiger partial charge on any atom is 0.418 e. The molecule has 0 radical (unpaired) electrons. The van der Waals surface area contributed by atoms with Crippen molar-refractivity contribution >= 4 is 17.2 Å². The second-order valence-corrected chi connectivity index (χ2v) is 6.32. The minimum absolute atomic E-state index is 0.144. The van der Waals surface area contributed by atoms with Gasteiger partial charge in [-0.2, -0.15) is 13.2 Å². The number of quaternary nitrogens is 1. The van der Waals surface area contributed by atoms with Crippen LogP contribution in [-0.4, -0.2) is 25.5 Å². The van der Waals surface area contributed by atoms with Crippen LogP contribution in [0.15, 0.2) is 60.7 Å². The number of nitrogens with one attached hydrogen (secondary N) is 2. The Morgan fingerprint density at radius 3 is 2.38 bits per heavy atom. The Morgan fingerprint density at radius 1 is 1.04 bits per heavy atom. The van der Waals surface area contributed by atoms with Gasteiger partial charge in [-0.1, -0.05) is 42.5 Å². The first-order valence-corrected chi connectivity index (χ1v) is 8.47. The van der Waals surface area contributed by atoms with E-state index in [0.29, 0.717) is 6.54 Å². The lowest BCUT2D eigenvalue weighted by Crippen LogP contribution is -3.13. The number of hydrogen-bond acceptors (Lipinski definition) is 1. The first kappa shape index (κ1) is 18.2. The maximum atomic E-state index is 13.0. The summed E-state index contributed by atoms with van der Waals surface area (Å²) in [5.41, 5.74) is 1.41. The van der Waals surface area contributed by atoms with Gasteiger partial charge < -0.3 is 10.2 Å². The fourth-order valence-corrected chi connectivity index (χ4v) is 3.12. The number of halogens is 3. The third kappa shape index (κ3) is 4.52. The molecule has 136 valence electrons. The van der Waals surface area contributed by atoms with E-state index in [1.807, 2.05) is 18.2 Å². The molecular weight excluding hydrogens is 341 g/mol. The maximum absolute atomic E-state index is 13.0. The van der Waals surface area contributed by atoms with Crippen LogP contribution in [0.3, 0.4) is 0 Å². The van der Waals surface area contributed by atoms with Crippen LogP contribution in [0.4, 0.5) is 18.9 Å². The topological polar surface area (TPSA) is 33.5 Å². The van der Waals surface area contributed by atoms with Gasteiger partial charge in [-0.3, -0.25) is 4.79 Å². The summed E-state index contributed by atoms with van der Waals surface area (Å²) in [5, 5.41) is 2.41. The molecule has 1 aliphatic heterocycles. The van der Waals surface area contributed by atoms with Gasteiger partial charge >= 0.3 is 6.18 Å². The molecule has 0 aliphatic carbocycles. The van der Waals surface area contributed by atoms with Crippen molar-refractivity contribution in [2.45, 2.75) is 12.6 Å². The number of carbonyl (C=O) groups is 1. The fourth-order valence-electron chi connectivity index (χ4n) is 3.12. The largest absolute Gasteiger partial charge is 0.418 e. The van der Waals surface area contributed by atoms with Gasteiger partial charge in [0.1, 0.15) is 0 Å². The summed E-state index contributed by atoms with van der Waals surface area (Å²) in [6, 6.07) is 15.1. The smallest absolute Gasteiger partial charge is 0.324 e. The highest BCUT2D eigenvalue weighted by Gasteiger charge is 2.33. The molecule has 2 aromatic rings. The summed E-state index contributed by atoms with van der Waals surface area (Å²) >= 11 is 0. The van der Waals surface area contributed by atoms with Crippen molar-refractivity contribution in [2.75, 3.05) is 25.0 Å². The minimum Gasteiger partial charge on any atom is -0.324 e. The summed E-state index contributed by atoms with van der Waals surface area (Å²) in [6.07, 6.45) is -1.55. The second-order valence-electron chi connectivity index (χ2n) is 6.32. The van der Waals surface area contributed by atoms with Gasteiger partial charge in [0.15, 0.2) is 6.54 Å². The molecule has 1 amide bonds. The molecule has 1 heterocycles. The zero-order valence-electron chi connectivity index (χ0n) is 14.1. The van der Waals surface area contributed by atoms with Crippen molar-refractivity contribution in [3.8, 4) is 0 Å². The van der Waals surface area contributed by atoms with E-state index >= 15 is 0 Å². The quantitative estimate of drug-likeness (QED) is 0.862. The highest BCUT2D eigenvalue weighted by atomic mass is 19.4. The van der Waals surface area contributed by atoms with Crippen LogP contribution >= 0.6 is 0 Å². The molecule has 0 aromatic heterocycles. The summed E-state index contributed by atoms with van der Waals surface area (Å²) in [4.78, 5) is 13.2. The number of anilines is 1. The molecule has 3 rings (SSSR count). The normalized spacial score (nSPS) is 17.5. The molecule has 1 aliphatic rings. The van der Waals surface area contributed by atoms with Crippen molar-refractivity contribution in [1.29, 1.82) is 0 Å². The Bertz CT molecular complexity index is 800. The molecule has 2 aromatic carbocycles. The average molecular weight is 361 g/mol. The predicted octanol–water partition coefficient (Wildman–Crippen LogP) is 3.02. The van der Waals surface area contributed by atoms with Gasteiger partial charge in [-0.05, 0) is 29.3 Å². The van der Waals surface area contributed by atoms with E-state index < -0.39 is 17.6 Å². The van der Waals surface area contributed by atoms with Gasteiger partial charge in [-0.25, -0.2) is 0 Å². The Morgan fingerprint density at radius 2 is 1.73 bits per heavy atom. The van der Waals surface area contributed by atoms with Gasteiger partial charge in [0.25, 0.3) is 5.91 Å². The van der Waals surface area contributed by atoms with E-state index in [1.54, 1.807) is 0 Å². The van der Waals surface area contributed by atoms with E-state index in [1.165, 1.54) is 29.3 Å². The third-order valence-corrected chi connectivity index (χ3v) is 4.45. The Labute approximate surface area is 150 Å². The monoisotopic (exact) mass is 361 g/mol. The van der Waals surface area contributed by atoms with Crippen LogP contribution in [-0.2, 0) is 11.0 Å². The van der Waals surface area contributed by atoms with Crippen molar-refractivity contribution < 1.29 is 22.9 Å². The number of hydrogen-bond donors (Lipinski definition) is 2. The van der Waals surface area contributed by atoms with Crippen molar-refractivity contribution in [2.24, 2.45) is 0 Å². The summed E-state index contributed by atoms with van der Waals surface area (Å²) in [7, 11) is 0. The van der Waals surface area contributed by atoms with Gasteiger partial charge in [0.05, 0.1) is 24.3 Å². The minimum atomic E-state index is -4.49. The number of amides is 1. The Balaban J connectivity index is 1.60. The number of rotatable bonds is 4. The molecular formula is C20H20F3N2O+. The van der Waals surface area contributed by atoms with Crippen LogP contribution in [0.2, 0.25) is 0 Å². The first-order valence-electron chi connectivity index (χ1n) is 8.47. The van der Waals surface area contributed by atoms with Crippen LogP contribution in [0, 0.1) is 0 Å². The highest BCUT2D eigenvalue weighted by Crippen LogP contribution is 2.34.